The molecule has 0 spiro atoms. The summed E-state index contributed by atoms with van der Waals surface area (Å²) in [7, 11) is 1.52. The van der Waals surface area contributed by atoms with Gasteiger partial charge in [-0.1, -0.05) is 36.4 Å². The zero-order chi connectivity index (χ0) is 24.6. The first-order chi connectivity index (χ1) is 16.8. The molecule has 3 nitrogen and oxygen atoms in total. The normalized spacial score (nSPS) is 14.8. The van der Waals surface area contributed by atoms with E-state index in [1.54, 1.807) is 24.3 Å². The van der Waals surface area contributed by atoms with Crippen LogP contribution >= 0.6 is 0 Å². The molecule has 2 heterocycles. The summed E-state index contributed by atoms with van der Waals surface area (Å²) >= 11 is 0. The van der Waals surface area contributed by atoms with Gasteiger partial charge in [0.1, 0.15) is 11.6 Å². The van der Waals surface area contributed by atoms with Crippen molar-refractivity contribution in [3.05, 3.63) is 95.3 Å². The molecule has 0 atom stereocenters. The molecule has 3 aromatic carbocycles. The zero-order valence-corrected chi connectivity index (χ0v) is 19.0. The van der Waals surface area contributed by atoms with Crippen LogP contribution in [0.1, 0.15) is 23.1 Å². The number of furan rings is 1. The van der Waals surface area contributed by atoms with E-state index < -0.39 is 11.7 Å². The molecule has 1 aromatic heterocycles. The maximum atomic E-state index is 13.5. The maximum Gasteiger partial charge on any atom is 0.417 e. The van der Waals surface area contributed by atoms with E-state index in [9.17, 15) is 17.6 Å². The lowest BCUT2D eigenvalue weighted by Gasteiger charge is -2.26. The van der Waals surface area contributed by atoms with Crippen LogP contribution in [-0.2, 0) is 12.7 Å². The second kappa shape index (κ2) is 9.23. The fourth-order valence-electron chi connectivity index (χ4n) is 4.54. The van der Waals surface area contributed by atoms with Crippen molar-refractivity contribution >= 4 is 16.5 Å². The smallest absolute Gasteiger partial charge is 0.417 e. The van der Waals surface area contributed by atoms with Crippen LogP contribution in [0.25, 0.3) is 27.9 Å². The number of rotatable bonds is 5. The van der Waals surface area contributed by atoms with E-state index in [0.29, 0.717) is 23.3 Å². The fraction of sp³-hybridized carbons (Fsp3) is 0.214. The Kier molecular flexibility index (Phi) is 6.11. The van der Waals surface area contributed by atoms with Gasteiger partial charge in [-0.3, -0.25) is 4.90 Å². The summed E-state index contributed by atoms with van der Waals surface area (Å²) < 4.78 is 65.1. The van der Waals surface area contributed by atoms with Gasteiger partial charge in [-0.25, -0.2) is 4.39 Å². The maximum absolute atomic E-state index is 13.5. The quantitative estimate of drug-likeness (QED) is 0.275. The van der Waals surface area contributed by atoms with Gasteiger partial charge in [-0.15, -0.1) is 0 Å². The van der Waals surface area contributed by atoms with Gasteiger partial charge in [-0.05, 0) is 59.5 Å². The number of halogens is 4. The van der Waals surface area contributed by atoms with Crippen molar-refractivity contribution in [3.63, 3.8) is 0 Å². The lowest BCUT2D eigenvalue weighted by Crippen LogP contribution is -2.28. The van der Waals surface area contributed by atoms with E-state index in [2.05, 4.69) is 11.0 Å². The highest BCUT2D eigenvalue weighted by Gasteiger charge is 2.34. The van der Waals surface area contributed by atoms with Crippen molar-refractivity contribution in [2.24, 2.45) is 0 Å². The van der Waals surface area contributed by atoms with Gasteiger partial charge in [0.25, 0.3) is 0 Å². The Morgan fingerprint density at radius 1 is 1.00 bits per heavy atom. The van der Waals surface area contributed by atoms with E-state index in [4.69, 9.17) is 9.15 Å². The van der Waals surface area contributed by atoms with Gasteiger partial charge < -0.3 is 9.15 Å². The van der Waals surface area contributed by atoms with Crippen LogP contribution in [-0.4, -0.2) is 25.1 Å². The average molecular weight is 481 g/mol. The Balaban J connectivity index is 1.40. The van der Waals surface area contributed by atoms with Crippen molar-refractivity contribution in [1.82, 2.24) is 4.90 Å². The molecule has 0 saturated carbocycles. The summed E-state index contributed by atoms with van der Waals surface area (Å²) in [4.78, 5) is 2.27. The first kappa shape index (κ1) is 23.2. The van der Waals surface area contributed by atoms with Gasteiger partial charge in [-0.2, -0.15) is 13.2 Å². The summed E-state index contributed by atoms with van der Waals surface area (Å²) in [5.74, 6) is 0.376. The third-order valence-corrected chi connectivity index (χ3v) is 6.27. The van der Waals surface area contributed by atoms with E-state index in [0.717, 1.165) is 36.7 Å². The number of nitrogens with zero attached hydrogens (tertiary/aromatic N) is 1. The Morgan fingerprint density at radius 2 is 1.77 bits per heavy atom. The van der Waals surface area contributed by atoms with Crippen molar-refractivity contribution in [2.45, 2.75) is 19.1 Å². The predicted molar refractivity (Wildman–Crippen MR) is 127 cm³/mol. The number of hydrogen-bond acceptors (Lipinski definition) is 3. The van der Waals surface area contributed by atoms with Crippen LogP contribution in [0.3, 0.4) is 0 Å². The SMILES string of the molecule is COc1cc(CN2CC=C(c3ccc(F)cc3)CC2)cc2cc(-c3ccccc3C(F)(F)F)oc12. The summed E-state index contributed by atoms with van der Waals surface area (Å²) in [6, 6.07) is 17.3. The first-order valence-electron chi connectivity index (χ1n) is 11.3. The third-order valence-electron chi connectivity index (χ3n) is 6.27. The van der Waals surface area contributed by atoms with Crippen molar-refractivity contribution in [3.8, 4) is 17.1 Å². The highest BCUT2D eigenvalue weighted by molar-refractivity contribution is 5.88. The fourth-order valence-corrected chi connectivity index (χ4v) is 4.54. The number of ether oxygens (including phenoxy) is 1. The molecule has 0 fully saturated rings. The number of hydrogen-bond donors (Lipinski definition) is 0. The number of fused-ring (bicyclic) bond motifs is 1. The molecule has 0 amide bonds. The Hall–Kier alpha value is -3.58. The largest absolute Gasteiger partial charge is 0.493 e. The minimum atomic E-state index is -4.49. The summed E-state index contributed by atoms with van der Waals surface area (Å²) in [6.45, 7) is 2.22. The van der Waals surface area contributed by atoms with E-state index in [1.165, 1.54) is 36.9 Å². The van der Waals surface area contributed by atoms with Crippen molar-refractivity contribution in [1.29, 1.82) is 0 Å². The average Bonchev–Trinajstić information content (AvgIpc) is 3.28. The molecule has 0 radical (unpaired) electrons. The molecule has 35 heavy (non-hydrogen) atoms. The van der Waals surface area contributed by atoms with Crippen LogP contribution < -0.4 is 4.74 Å². The Labute approximate surface area is 200 Å². The van der Waals surface area contributed by atoms with Crippen molar-refractivity contribution in [2.75, 3.05) is 20.2 Å². The van der Waals surface area contributed by atoms with Crippen LogP contribution in [0.15, 0.2) is 77.2 Å². The summed E-state index contributed by atoms with van der Waals surface area (Å²) in [5.41, 5.74) is 2.87. The minimum absolute atomic E-state index is 0.00528. The van der Waals surface area contributed by atoms with Gasteiger partial charge >= 0.3 is 6.18 Å². The van der Waals surface area contributed by atoms with Crippen LogP contribution in [0, 0.1) is 5.82 Å². The molecule has 7 heteroatoms. The van der Waals surface area contributed by atoms with E-state index in [1.807, 2.05) is 12.1 Å². The molecule has 0 N–H and O–H groups in total. The molecule has 0 unspecified atom stereocenters. The third kappa shape index (κ3) is 4.82. The van der Waals surface area contributed by atoms with Crippen LogP contribution in [0.2, 0.25) is 0 Å². The van der Waals surface area contributed by atoms with Gasteiger partial charge in [0.15, 0.2) is 11.3 Å². The van der Waals surface area contributed by atoms with E-state index in [-0.39, 0.29) is 17.1 Å². The molecule has 1 aliphatic rings. The molecule has 4 aromatic rings. The topological polar surface area (TPSA) is 25.6 Å². The van der Waals surface area contributed by atoms with E-state index >= 15 is 0 Å². The Morgan fingerprint density at radius 3 is 2.46 bits per heavy atom. The lowest BCUT2D eigenvalue weighted by molar-refractivity contribution is -0.137. The first-order valence-corrected chi connectivity index (χ1v) is 11.3. The minimum Gasteiger partial charge on any atom is -0.493 e. The molecule has 1 aliphatic heterocycles. The molecule has 5 rings (SSSR count). The highest BCUT2D eigenvalue weighted by Crippen LogP contribution is 2.41. The van der Waals surface area contributed by atoms with Crippen LogP contribution in [0.5, 0.6) is 5.75 Å². The molecule has 0 bridgehead atoms. The van der Waals surface area contributed by atoms with Crippen molar-refractivity contribution < 1.29 is 26.7 Å². The molecular weight excluding hydrogens is 458 g/mol. The molecule has 0 saturated heterocycles. The standard InChI is InChI=1S/C28H23F4NO2/c1-34-26-15-18(17-33-12-10-20(11-13-33)19-6-8-22(29)9-7-19)14-21-16-25(35-27(21)26)23-4-2-3-5-24(23)28(30,31)32/h2-10,14-16H,11-13,17H2,1H3. The number of alkyl halides is 3. The highest BCUT2D eigenvalue weighted by atomic mass is 19.4. The monoisotopic (exact) mass is 481 g/mol. The second-order valence-electron chi connectivity index (χ2n) is 8.59. The summed E-state index contributed by atoms with van der Waals surface area (Å²) in [6.07, 6.45) is -1.50. The molecule has 180 valence electrons. The molecular formula is C28H23F4NO2. The zero-order valence-electron chi connectivity index (χ0n) is 19.0. The van der Waals surface area contributed by atoms with Gasteiger partial charge in [0.05, 0.1) is 12.7 Å². The van der Waals surface area contributed by atoms with Gasteiger partial charge in [0.2, 0.25) is 0 Å². The number of methoxy groups -OCH3 is 1. The number of benzene rings is 3. The lowest BCUT2D eigenvalue weighted by atomic mass is 9.99. The van der Waals surface area contributed by atoms with Crippen LogP contribution in [0.4, 0.5) is 17.6 Å². The van der Waals surface area contributed by atoms with Gasteiger partial charge in [0, 0.05) is 30.6 Å². The second-order valence-corrected chi connectivity index (χ2v) is 8.59. The molecule has 0 aliphatic carbocycles. The Bertz CT molecular complexity index is 1390. The summed E-state index contributed by atoms with van der Waals surface area (Å²) in [5, 5.41) is 0.686. The predicted octanol–water partition coefficient (Wildman–Crippen LogP) is 7.56.